The lowest BCUT2D eigenvalue weighted by Gasteiger charge is -2.16. The van der Waals surface area contributed by atoms with Crippen LogP contribution < -0.4 is 0 Å². The van der Waals surface area contributed by atoms with Crippen LogP contribution in [-0.2, 0) is 19.9 Å². The molecule has 8 heteroatoms. The van der Waals surface area contributed by atoms with Gasteiger partial charge in [-0.2, -0.15) is 0 Å². The van der Waals surface area contributed by atoms with Gasteiger partial charge in [0.15, 0.2) is 15.5 Å². The Kier molecular flexibility index (Phi) is 6.34. The summed E-state index contributed by atoms with van der Waals surface area (Å²) in [6.45, 7) is 1.92. The third kappa shape index (κ3) is 4.63. The number of benzene rings is 2. The number of hydrogen-bond donors (Lipinski definition) is 0. The summed E-state index contributed by atoms with van der Waals surface area (Å²) in [7, 11) is -7.32. The second kappa shape index (κ2) is 9.33. The second-order valence-corrected chi connectivity index (χ2v) is 13.3. The van der Waals surface area contributed by atoms with Gasteiger partial charge in [0.2, 0.25) is 0 Å². The van der Waals surface area contributed by atoms with E-state index >= 15 is 0 Å². The van der Waals surface area contributed by atoms with E-state index in [1.165, 1.54) is 10.2 Å². The van der Waals surface area contributed by atoms with Crippen molar-refractivity contribution in [2.45, 2.75) is 42.4 Å². The molecule has 0 bridgehead atoms. The lowest BCUT2D eigenvalue weighted by atomic mass is 9.96. The summed E-state index contributed by atoms with van der Waals surface area (Å²) in [6.07, 6.45) is 9.34. The van der Waals surface area contributed by atoms with Crippen LogP contribution in [0.3, 0.4) is 0 Å². The number of pyridine rings is 1. The molecule has 1 fully saturated rings. The molecular formula is C28H28N2O4S2. The zero-order valence-electron chi connectivity index (χ0n) is 20.3. The minimum atomic E-state index is -3.97. The first kappa shape index (κ1) is 24.5. The smallest absolute Gasteiger partial charge is 0.237 e. The Balaban J connectivity index is 1.79. The Bertz CT molecular complexity index is 1660. The molecule has 0 atom stereocenters. The van der Waals surface area contributed by atoms with Crippen molar-refractivity contribution in [3.05, 3.63) is 95.8 Å². The van der Waals surface area contributed by atoms with Crippen molar-refractivity contribution in [3.63, 3.8) is 0 Å². The fraction of sp³-hybridized carbons (Fsp3) is 0.250. The van der Waals surface area contributed by atoms with E-state index in [0.717, 1.165) is 47.8 Å². The van der Waals surface area contributed by atoms with Crippen LogP contribution in [0.25, 0.3) is 16.6 Å². The third-order valence-corrected chi connectivity index (χ3v) is 9.53. The van der Waals surface area contributed by atoms with Crippen molar-refractivity contribution in [3.8, 4) is 0 Å². The number of fused-ring (bicyclic) bond motifs is 1. The van der Waals surface area contributed by atoms with Gasteiger partial charge in [-0.3, -0.25) is 0 Å². The molecule has 2 aromatic carbocycles. The Labute approximate surface area is 212 Å². The zero-order chi connectivity index (χ0) is 25.5. The number of aryl methyl sites for hydroxylation is 1. The molecular weight excluding hydrogens is 492 g/mol. The molecule has 2 aromatic heterocycles. The first-order valence-electron chi connectivity index (χ1n) is 12.0. The molecule has 1 aliphatic carbocycles. The highest BCUT2D eigenvalue weighted by Crippen LogP contribution is 2.36. The van der Waals surface area contributed by atoms with Gasteiger partial charge in [-0.05, 0) is 73.2 Å². The molecule has 5 rings (SSSR count). The summed E-state index contributed by atoms with van der Waals surface area (Å²) in [6, 6.07) is 18.8. The first-order chi connectivity index (χ1) is 17.1. The fourth-order valence-electron chi connectivity index (χ4n) is 4.88. The van der Waals surface area contributed by atoms with Gasteiger partial charge >= 0.3 is 0 Å². The maximum Gasteiger partial charge on any atom is 0.269 e. The summed E-state index contributed by atoms with van der Waals surface area (Å²) < 4.78 is 53.4. The van der Waals surface area contributed by atoms with Crippen molar-refractivity contribution < 1.29 is 16.8 Å². The summed E-state index contributed by atoms with van der Waals surface area (Å²) >= 11 is 0. The van der Waals surface area contributed by atoms with E-state index in [1.807, 2.05) is 19.1 Å². The average Bonchev–Trinajstić information content (AvgIpc) is 3.50. The highest BCUT2D eigenvalue weighted by molar-refractivity contribution is 7.90. The number of rotatable bonds is 6. The molecule has 0 aliphatic heterocycles. The van der Waals surface area contributed by atoms with Crippen LogP contribution in [0.2, 0.25) is 0 Å². The molecule has 4 aromatic rings. The monoisotopic (exact) mass is 520 g/mol. The van der Waals surface area contributed by atoms with Crippen LogP contribution >= 0.6 is 0 Å². The normalized spacial score (nSPS) is 15.6. The van der Waals surface area contributed by atoms with Crippen LogP contribution in [0, 0.1) is 12.8 Å². The number of nitrogens with zero attached hydrogens (tertiary/aromatic N) is 2. The van der Waals surface area contributed by atoms with Gasteiger partial charge < -0.3 is 0 Å². The summed E-state index contributed by atoms with van der Waals surface area (Å²) in [5.41, 5.74) is 3.34. The maximum atomic E-state index is 14.0. The lowest BCUT2D eigenvalue weighted by molar-refractivity contribution is 0.588. The van der Waals surface area contributed by atoms with Gasteiger partial charge in [0.25, 0.3) is 10.0 Å². The topological polar surface area (TPSA) is 86.1 Å². The van der Waals surface area contributed by atoms with E-state index in [4.69, 9.17) is 0 Å². The van der Waals surface area contributed by atoms with Crippen LogP contribution in [0.4, 0.5) is 0 Å². The standard InChI is InChI=1S/C28H28N2O4S2/c1-20-16-23-18-27(30(28(23)29-19-20)36(33,34)25-10-4-3-5-11-25)26(17-21-8-6-7-9-21)22-12-14-24(15-13-22)35(2,31)32/h3-5,10-19,21H,6-9H2,1-2H3/b26-17+. The SMILES string of the molecule is Cc1cnc2c(c1)cc(/C(=C/C1CCCC1)c1ccc(S(C)(=O)=O)cc1)n2S(=O)(=O)c1ccccc1. The van der Waals surface area contributed by atoms with Gasteiger partial charge in [0.05, 0.1) is 15.5 Å². The van der Waals surface area contributed by atoms with Crippen LogP contribution in [0.15, 0.2) is 88.8 Å². The molecule has 1 saturated carbocycles. The van der Waals surface area contributed by atoms with Gasteiger partial charge in [0.1, 0.15) is 0 Å². The van der Waals surface area contributed by atoms with E-state index in [2.05, 4.69) is 11.1 Å². The number of allylic oxidation sites excluding steroid dienone is 1. The molecule has 0 amide bonds. The molecule has 0 saturated heterocycles. The predicted molar refractivity (Wildman–Crippen MR) is 142 cm³/mol. The summed E-state index contributed by atoms with van der Waals surface area (Å²) in [4.78, 5) is 4.93. The van der Waals surface area contributed by atoms with Gasteiger partial charge in [-0.1, -0.05) is 49.2 Å². The minimum Gasteiger partial charge on any atom is -0.237 e. The largest absolute Gasteiger partial charge is 0.269 e. The molecule has 186 valence electrons. The zero-order valence-corrected chi connectivity index (χ0v) is 21.9. The van der Waals surface area contributed by atoms with Crippen LogP contribution in [0.1, 0.15) is 42.5 Å². The van der Waals surface area contributed by atoms with Gasteiger partial charge in [0, 0.05) is 23.4 Å². The Morgan fingerprint density at radius 3 is 2.22 bits per heavy atom. The lowest BCUT2D eigenvalue weighted by Crippen LogP contribution is -2.16. The molecule has 2 heterocycles. The first-order valence-corrected chi connectivity index (χ1v) is 15.3. The Hall–Kier alpha value is -3.23. The Morgan fingerprint density at radius 2 is 1.58 bits per heavy atom. The van der Waals surface area contributed by atoms with Gasteiger partial charge in [-0.15, -0.1) is 0 Å². The van der Waals surface area contributed by atoms with Crippen molar-refractivity contribution >= 4 is 36.5 Å². The molecule has 0 spiro atoms. The van der Waals surface area contributed by atoms with Crippen LogP contribution in [0.5, 0.6) is 0 Å². The van der Waals surface area contributed by atoms with E-state index in [-0.39, 0.29) is 9.79 Å². The maximum absolute atomic E-state index is 14.0. The summed E-state index contributed by atoms with van der Waals surface area (Å²) in [5, 5.41) is 0.731. The molecule has 0 unspecified atom stereocenters. The van der Waals surface area contributed by atoms with Crippen molar-refractivity contribution in [2.75, 3.05) is 6.26 Å². The molecule has 0 N–H and O–H groups in total. The third-order valence-electron chi connectivity index (χ3n) is 6.69. The fourth-order valence-corrected chi connectivity index (χ4v) is 7.01. The van der Waals surface area contributed by atoms with Crippen molar-refractivity contribution in [2.24, 2.45) is 5.92 Å². The van der Waals surface area contributed by atoms with E-state index < -0.39 is 19.9 Å². The van der Waals surface area contributed by atoms with E-state index in [1.54, 1.807) is 60.8 Å². The number of aromatic nitrogens is 2. The van der Waals surface area contributed by atoms with E-state index in [0.29, 0.717) is 17.3 Å². The highest BCUT2D eigenvalue weighted by Gasteiger charge is 2.27. The minimum absolute atomic E-state index is 0.179. The highest BCUT2D eigenvalue weighted by atomic mass is 32.2. The predicted octanol–water partition coefficient (Wildman–Crippen LogP) is 5.61. The van der Waals surface area contributed by atoms with Crippen molar-refractivity contribution in [1.29, 1.82) is 0 Å². The molecule has 1 aliphatic rings. The summed E-state index contributed by atoms with van der Waals surface area (Å²) in [5.74, 6) is 0.315. The van der Waals surface area contributed by atoms with Crippen molar-refractivity contribution in [1.82, 2.24) is 8.96 Å². The average molecular weight is 521 g/mol. The second-order valence-electron chi connectivity index (χ2n) is 9.46. The van der Waals surface area contributed by atoms with Gasteiger partial charge in [-0.25, -0.2) is 25.8 Å². The van der Waals surface area contributed by atoms with Crippen LogP contribution in [-0.4, -0.2) is 32.0 Å². The molecule has 36 heavy (non-hydrogen) atoms. The molecule has 0 radical (unpaired) electrons. The number of sulfone groups is 1. The molecule has 6 nitrogen and oxygen atoms in total. The van der Waals surface area contributed by atoms with E-state index in [9.17, 15) is 16.8 Å². The quantitative estimate of drug-likeness (QED) is 0.330. The Morgan fingerprint density at radius 1 is 0.917 bits per heavy atom. The number of hydrogen-bond acceptors (Lipinski definition) is 5.